The molecule has 2 aromatic carbocycles. The van der Waals surface area contributed by atoms with E-state index in [1.807, 2.05) is 53.4 Å². The maximum Gasteiger partial charge on any atom is 0.247 e. The third-order valence-electron chi connectivity index (χ3n) is 5.71. The number of aromatic nitrogens is 1. The fourth-order valence-corrected chi connectivity index (χ4v) is 4.19. The van der Waals surface area contributed by atoms with Gasteiger partial charge in [-0.15, -0.1) is 0 Å². The van der Waals surface area contributed by atoms with E-state index in [2.05, 4.69) is 11.1 Å². The number of nitrogens with zero attached hydrogens (tertiary/aromatic N) is 2. The van der Waals surface area contributed by atoms with Gasteiger partial charge < -0.3 is 14.4 Å². The SMILES string of the molecule is O=C(/C=C/c1ccc2ccccc2n1)N1CCCC1c1ccc2c(c1)OCCCO2. The molecule has 152 valence electrons. The minimum Gasteiger partial charge on any atom is -0.490 e. The minimum atomic E-state index is 0.0135. The van der Waals surface area contributed by atoms with Crippen LogP contribution < -0.4 is 9.47 Å². The average Bonchev–Trinajstić information content (AvgIpc) is 3.16. The van der Waals surface area contributed by atoms with Crippen molar-refractivity contribution in [1.82, 2.24) is 9.88 Å². The molecular formula is C25H24N2O3. The van der Waals surface area contributed by atoms with E-state index in [-0.39, 0.29) is 11.9 Å². The van der Waals surface area contributed by atoms with E-state index < -0.39 is 0 Å². The second-order valence-electron chi connectivity index (χ2n) is 7.71. The highest BCUT2D eigenvalue weighted by atomic mass is 16.5. The van der Waals surface area contributed by atoms with Crippen molar-refractivity contribution in [1.29, 1.82) is 0 Å². The Kier molecular flexibility index (Phi) is 5.10. The number of carbonyl (C=O) groups excluding carboxylic acids is 1. The Bertz CT molecular complexity index is 1110. The van der Waals surface area contributed by atoms with Gasteiger partial charge in [-0.1, -0.05) is 30.3 Å². The summed E-state index contributed by atoms with van der Waals surface area (Å²) in [6.07, 6.45) is 6.27. The Morgan fingerprint density at radius 1 is 1.00 bits per heavy atom. The lowest BCUT2D eigenvalue weighted by Gasteiger charge is -2.24. The average molecular weight is 400 g/mol. The summed E-state index contributed by atoms with van der Waals surface area (Å²) in [5, 5.41) is 1.09. The number of para-hydroxylation sites is 1. The summed E-state index contributed by atoms with van der Waals surface area (Å²) in [5.41, 5.74) is 2.81. The van der Waals surface area contributed by atoms with Crippen LogP contribution in [0.3, 0.4) is 0 Å². The molecule has 1 amide bonds. The van der Waals surface area contributed by atoms with E-state index in [0.29, 0.717) is 13.2 Å². The lowest BCUT2D eigenvalue weighted by atomic mass is 10.0. The zero-order valence-corrected chi connectivity index (χ0v) is 16.8. The Labute approximate surface area is 175 Å². The first-order valence-corrected chi connectivity index (χ1v) is 10.5. The van der Waals surface area contributed by atoms with Crippen molar-refractivity contribution in [3.8, 4) is 11.5 Å². The maximum atomic E-state index is 13.0. The summed E-state index contributed by atoms with van der Waals surface area (Å²) in [4.78, 5) is 19.5. The van der Waals surface area contributed by atoms with Crippen LogP contribution >= 0.6 is 0 Å². The van der Waals surface area contributed by atoms with Gasteiger partial charge in [-0.2, -0.15) is 0 Å². The highest BCUT2D eigenvalue weighted by Crippen LogP contribution is 2.38. The molecular weight excluding hydrogens is 376 g/mol. The molecule has 1 saturated heterocycles. The molecule has 5 rings (SSSR count). The number of hydrogen-bond acceptors (Lipinski definition) is 4. The number of fused-ring (bicyclic) bond motifs is 2. The number of carbonyl (C=O) groups is 1. The van der Waals surface area contributed by atoms with E-state index in [1.54, 1.807) is 12.2 Å². The van der Waals surface area contributed by atoms with Crippen LogP contribution in [0.2, 0.25) is 0 Å². The fourth-order valence-electron chi connectivity index (χ4n) is 4.19. The first kappa shape index (κ1) is 18.7. The highest BCUT2D eigenvalue weighted by molar-refractivity contribution is 5.92. The molecule has 0 bridgehead atoms. The van der Waals surface area contributed by atoms with Crippen LogP contribution in [-0.2, 0) is 4.79 Å². The summed E-state index contributed by atoms with van der Waals surface area (Å²) in [6.45, 7) is 2.09. The topological polar surface area (TPSA) is 51.7 Å². The molecule has 1 fully saturated rings. The summed E-state index contributed by atoms with van der Waals surface area (Å²) in [7, 11) is 0. The molecule has 2 aliphatic heterocycles. The zero-order valence-electron chi connectivity index (χ0n) is 16.8. The number of benzene rings is 2. The van der Waals surface area contributed by atoms with Crippen molar-refractivity contribution in [3.63, 3.8) is 0 Å². The first-order chi connectivity index (χ1) is 14.8. The monoisotopic (exact) mass is 400 g/mol. The molecule has 0 spiro atoms. The predicted octanol–water partition coefficient (Wildman–Crippen LogP) is 4.77. The Hall–Kier alpha value is -3.34. The number of ether oxygens (including phenoxy) is 2. The maximum absolute atomic E-state index is 13.0. The third-order valence-corrected chi connectivity index (χ3v) is 5.71. The van der Waals surface area contributed by atoms with Crippen LogP contribution in [0.25, 0.3) is 17.0 Å². The van der Waals surface area contributed by atoms with E-state index >= 15 is 0 Å². The van der Waals surface area contributed by atoms with Gasteiger partial charge in [0.15, 0.2) is 11.5 Å². The van der Waals surface area contributed by atoms with E-state index in [1.165, 1.54) is 0 Å². The van der Waals surface area contributed by atoms with Gasteiger partial charge in [0.1, 0.15) is 0 Å². The van der Waals surface area contributed by atoms with Crippen molar-refractivity contribution in [2.75, 3.05) is 19.8 Å². The Balaban J connectivity index is 1.34. The van der Waals surface area contributed by atoms with Crippen molar-refractivity contribution in [3.05, 3.63) is 71.9 Å². The highest BCUT2D eigenvalue weighted by Gasteiger charge is 2.29. The van der Waals surface area contributed by atoms with Crippen LogP contribution in [0.4, 0.5) is 0 Å². The lowest BCUT2D eigenvalue weighted by Crippen LogP contribution is -2.28. The van der Waals surface area contributed by atoms with Crippen molar-refractivity contribution in [2.45, 2.75) is 25.3 Å². The van der Waals surface area contributed by atoms with Crippen LogP contribution in [-0.4, -0.2) is 35.5 Å². The Morgan fingerprint density at radius 3 is 2.80 bits per heavy atom. The molecule has 30 heavy (non-hydrogen) atoms. The van der Waals surface area contributed by atoms with Gasteiger partial charge in [0, 0.05) is 24.4 Å². The van der Waals surface area contributed by atoms with Crippen LogP contribution in [0.1, 0.15) is 36.6 Å². The van der Waals surface area contributed by atoms with Crippen LogP contribution in [0.5, 0.6) is 11.5 Å². The van der Waals surface area contributed by atoms with Crippen molar-refractivity contribution in [2.24, 2.45) is 0 Å². The normalized spacial score (nSPS) is 18.7. The molecule has 0 aliphatic carbocycles. The van der Waals surface area contributed by atoms with E-state index in [0.717, 1.165) is 59.5 Å². The smallest absolute Gasteiger partial charge is 0.247 e. The molecule has 5 heteroatoms. The number of likely N-dealkylation sites (tertiary alicyclic amines) is 1. The first-order valence-electron chi connectivity index (χ1n) is 10.5. The third kappa shape index (κ3) is 3.75. The quantitative estimate of drug-likeness (QED) is 0.594. The van der Waals surface area contributed by atoms with Gasteiger partial charge in [0.2, 0.25) is 5.91 Å². The zero-order chi connectivity index (χ0) is 20.3. The molecule has 3 aromatic rings. The van der Waals surface area contributed by atoms with Gasteiger partial charge in [-0.05, 0) is 48.7 Å². The summed E-state index contributed by atoms with van der Waals surface area (Å²) >= 11 is 0. The van der Waals surface area contributed by atoms with Gasteiger partial charge in [-0.25, -0.2) is 4.98 Å². The largest absolute Gasteiger partial charge is 0.490 e. The molecule has 2 aliphatic rings. The van der Waals surface area contributed by atoms with Gasteiger partial charge in [0.05, 0.1) is 30.5 Å². The molecule has 0 N–H and O–H groups in total. The molecule has 1 aromatic heterocycles. The number of pyridine rings is 1. The van der Waals surface area contributed by atoms with Gasteiger partial charge >= 0.3 is 0 Å². The minimum absolute atomic E-state index is 0.0135. The predicted molar refractivity (Wildman–Crippen MR) is 117 cm³/mol. The Morgan fingerprint density at radius 2 is 1.87 bits per heavy atom. The number of hydrogen-bond donors (Lipinski definition) is 0. The molecule has 0 radical (unpaired) electrons. The van der Waals surface area contributed by atoms with E-state index in [4.69, 9.17) is 9.47 Å². The summed E-state index contributed by atoms with van der Waals surface area (Å²) < 4.78 is 11.6. The van der Waals surface area contributed by atoms with Crippen molar-refractivity contribution < 1.29 is 14.3 Å². The van der Waals surface area contributed by atoms with Crippen molar-refractivity contribution >= 4 is 22.9 Å². The fraction of sp³-hybridized carbons (Fsp3) is 0.280. The number of rotatable bonds is 3. The van der Waals surface area contributed by atoms with Crippen LogP contribution in [0, 0.1) is 0 Å². The van der Waals surface area contributed by atoms with E-state index in [9.17, 15) is 4.79 Å². The standard InChI is InChI=1S/C25H24N2O3/c28-25(13-11-20-10-8-18-5-1-2-6-21(18)26-20)27-14-3-7-22(27)19-9-12-23-24(17-19)30-16-4-15-29-23/h1-2,5-6,8-13,17,22H,3-4,7,14-16H2/b13-11+. The lowest BCUT2D eigenvalue weighted by molar-refractivity contribution is -0.126. The second-order valence-corrected chi connectivity index (χ2v) is 7.71. The summed E-state index contributed by atoms with van der Waals surface area (Å²) in [6, 6.07) is 18.1. The van der Waals surface area contributed by atoms with Gasteiger partial charge in [-0.3, -0.25) is 4.79 Å². The number of amides is 1. The molecule has 5 nitrogen and oxygen atoms in total. The molecule has 0 saturated carbocycles. The van der Waals surface area contributed by atoms with Crippen LogP contribution in [0.15, 0.2) is 60.7 Å². The van der Waals surface area contributed by atoms with Gasteiger partial charge in [0.25, 0.3) is 0 Å². The molecule has 3 heterocycles. The molecule has 1 unspecified atom stereocenters. The molecule has 1 atom stereocenters. The summed E-state index contributed by atoms with van der Waals surface area (Å²) in [5.74, 6) is 1.58. The second kappa shape index (κ2) is 8.19.